The van der Waals surface area contributed by atoms with E-state index in [4.69, 9.17) is 9.26 Å². The first-order valence-electron chi connectivity index (χ1n) is 10.1. The topological polar surface area (TPSA) is 102 Å². The van der Waals surface area contributed by atoms with E-state index in [-0.39, 0.29) is 5.91 Å². The molecule has 3 heterocycles. The van der Waals surface area contributed by atoms with Crippen molar-refractivity contribution >= 4 is 23.1 Å². The number of nitrogens with zero attached hydrogens (tertiary/aromatic N) is 3. The molecule has 1 aliphatic heterocycles. The van der Waals surface area contributed by atoms with Gasteiger partial charge in [0, 0.05) is 17.3 Å². The van der Waals surface area contributed by atoms with E-state index >= 15 is 0 Å². The second-order valence-corrected chi connectivity index (χ2v) is 8.26. The molecular weight excluding hydrogens is 402 g/mol. The number of carbonyl (C=O) groups is 1. The zero-order valence-electron chi connectivity index (χ0n) is 17.3. The van der Waals surface area contributed by atoms with E-state index in [9.17, 15) is 4.79 Å². The third kappa shape index (κ3) is 4.36. The Morgan fingerprint density at radius 2 is 2.17 bits per heavy atom. The summed E-state index contributed by atoms with van der Waals surface area (Å²) in [6, 6.07) is 5.97. The highest BCUT2D eigenvalue weighted by Crippen LogP contribution is 2.37. The van der Waals surface area contributed by atoms with Gasteiger partial charge >= 0.3 is 0 Å². The van der Waals surface area contributed by atoms with Crippen LogP contribution in [0.1, 0.15) is 46.1 Å². The molecule has 0 saturated carbocycles. The van der Waals surface area contributed by atoms with Gasteiger partial charge in [-0.15, -0.1) is 5.10 Å². The number of ether oxygens (including phenoxy) is 1. The van der Waals surface area contributed by atoms with E-state index in [1.807, 2.05) is 32.0 Å². The lowest BCUT2D eigenvalue weighted by molar-refractivity contribution is 0.103. The quantitative estimate of drug-likeness (QED) is 0.615. The van der Waals surface area contributed by atoms with Gasteiger partial charge in [0.05, 0.1) is 17.0 Å². The minimum absolute atomic E-state index is 0.229. The molecule has 1 fully saturated rings. The van der Waals surface area contributed by atoms with Crippen LogP contribution in [0.25, 0.3) is 11.1 Å². The Hall–Kier alpha value is -2.78. The van der Waals surface area contributed by atoms with E-state index < -0.39 is 0 Å². The Morgan fingerprint density at radius 3 is 2.83 bits per heavy atom. The van der Waals surface area contributed by atoms with Crippen LogP contribution in [-0.2, 0) is 0 Å². The normalized spacial score (nSPS) is 16.4. The fourth-order valence-corrected chi connectivity index (χ4v) is 4.23. The summed E-state index contributed by atoms with van der Waals surface area (Å²) >= 11 is 1.08. The van der Waals surface area contributed by atoms with E-state index in [2.05, 4.69) is 25.4 Å². The lowest BCUT2D eigenvalue weighted by Crippen LogP contribution is -2.38. The van der Waals surface area contributed by atoms with Crippen molar-refractivity contribution in [1.29, 1.82) is 0 Å². The SMILES string of the molecule is Cc1nnsc1C(=O)Nc1ccc(OCC2CCCCN2)c(-c2c(C)noc2C)c1. The highest BCUT2D eigenvalue weighted by molar-refractivity contribution is 7.08. The summed E-state index contributed by atoms with van der Waals surface area (Å²) in [4.78, 5) is 13.1. The van der Waals surface area contributed by atoms with Gasteiger partial charge in [-0.05, 0) is 69.9 Å². The Morgan fingerprint density at radius 1 is 1.30 bits per heavy atom. The van der Waals surface area contributed by atoms with Crippen molar-refractivity contribution in [3.05, 3.63) is 40.2 Å². The van der Waals surface area contributed by atoms with Crippen molar-refractivity contribution in [2.75, 3.05) is 18.5 Å². The number of hydrogen-bond acceptors (Lipinski definition) is 8. The number of nitrogens with one attached hydrogen (secondary N) is 2. The first kappa shape index (κ1) is 20.5. The second kappa shape index (κ2) is 8.93. The summed E-state index contributed by atoms with van der Waals surface area (Å²) in [6.07, 6.45) is 3.54. The third-order valence-electron chi connectivity index (χ3n) is 5.25. The molecule has 1 unspecified atom stereocenters. The van der Waals surface area contributed by atoms with Gasteiger partial charge in [-0.3, -0.25) is 4.79 Å². The van der Waals surface area contributed by atoms with Crippen molar-refractivity contribution in [3.8, 4) is 16.9 Å². The zero-order valence-corrected chi connectivity index (χ0v) is 18.1. The Bertz CT molecular complexity index is 1020. The molecule has 0 bridgehead atoms. The predicted octanol–water partition coefficient (Wildman–Crippen LogP) is 3.89. The van der Waals surface area contributed by atoms with E-state index in [0.29, 0.717) is 34.7 Å². The Kier molecular flexibility index (Phi) is 6.10. The molecule has 1 aromatic carbocycles. The molecule has 1 atom stereocenters. The molecule has 0 spiro atoms. The van der Waals surface area contributed by atoms with Crippen molar-refractivity contribution < 1.29 is 14.1 Å². The molecule has 30 heavy (non-hydrogen) atoms. The van der Waals surface area contributed by atoms with E-state index in [1.54, 1.807) is 6.92 Å². The summed E-state index contributed by atoms with van der Waals surface area (Å²) in [5, 5.41) is 14.4. The number of aryl methyl sites for hydroxylation is 3. The fourth-order valence-electron chi connectivity index (χ4n) is 3.68. The number of benzene rings is 1. The highest BCUT2D eigenvalue weighted by Gasteiger charge is 2.20. The Balaban J connectivity index is 1.61. The number of anilines is 1. The number of piperidine rings is 1. The second-order valence-electron chi connectivity index (χ2n) is 7.51. The smallest absolute Gasteiger partial charge is 0.269 e. The number of aromatic nitrogens is 3. The molecule has 1 aliphatic rings. The lowest BCUT2D eigenvalue weighted by Gasteiger charge is -2.24. The Labute approximate surface area is 179 Å². The van der Waals surface area contributed by atoms with Crippen LogP contribution < -0.4 is 15.4 Å². The highest BCUT2D eigenvalue weighted by atomic mass is 32.1. The van der Waals surface area contributed by atoms with Crippen molar-refractivity contribution in [1.82, 2.24) is 20.1 Å². The van der Waals surface area contributed by atoms with Crippen LogP contribution in [0, 0.1) is 20.8 Å². The fraction of sp³-hybridized carbons (Fsp3) is 0.429. The summed E-state index contributed by atoms with van der Waals surface area (Å²) in [5.41, 5.74) is 3.78. The number of amides is 1. The molecule has 2 N–H and O–H groups in total. The van der Waals surface area contributed by atoms with Gasteiger partial charge in [-0.1, -0.05) is 16.1 Å². The molecule has 4 rings (SSSR count). The van der Waals surface area contributed by atoms with Crippen LogP contribution in [-0.4, -0.2) is 39.8 Å². The molecular formula is C21H25N5O3S. The monoisotopic (exact) mass is 427 g/mol. The zero-order chi connectivity index (χ0) is 21.1. The molecule has 1 amide bonds. The maximum absolute atomic E-state index is 12.6. The van der Waals surface area contributed by atoms with Gasteiger partial charge < -0.3 is 19.9 Å². The largest absolute Gasteiger partial charge is 0.491 e. The molecule has 158 valence electrons. The molecule has 0 aliphatic carbocycles. The van der Waals surface area contributed by atoms with Crippen molar-refractivity contribution in [2.45, 2.75) is 46.1 Å². The van der Waals surface area contributed by atoms with Crippen molar-refractivity contribution in [3.63, 3.8) is 0 Å². The van der Waals surface area contributed by atoms with Crippen LogP contribution in [0.4, 0.5) is 5.69 Å². The summed E-state index contributed by atoms with van der Waals surface area (Å²) in [7, 11) is 0. The minimum atomic E-state index is -0.229. The molecule has 0 radical (unpaired) electrons. The van der Waals surface area contributed by atoms with E-state index in [0.717, 1.165) is 47.1 Å². The molecule has 9 heteroatoms. The molecule has 1 saturated heterocycles. The molecule has 2 aromatic heterocycles. The van der Waals surface area contributed by atoms with Gasteiger partial charge in [-0.2, -0.15) is 0 Å². The number of rotatable bonds is 6. The van der Waals surface area contributed by atoms with Gasteiger partial charge in [0.2, 0.25) is 0 Å². The van der Waals surface area contributed by atoms with Crippen LogP contribution in [0.2, 0.25) is 0 Å². The average molecular weight is 428 g/mol. The first-order valence-corrected chi connectivity index (χ1v) is 10.8. The summed E-state index contributed by atoms with van der Waals surface area (Å²) < 4.78 is 15.4. The van der Waals surface area contributed by atoms with Crippen LogP contribution >= 0.6 is 11.5 Å². The average Bonchev–Trinajstić information content (AvgIpc) is 3.32. The van der Waals surface area contributed by atoms with Gasteiger partial charge in [0.1, 0.15) is 23.0 Å². The van der Waals surface area contributed by atoms with Crippen LogP contribution in [0.5, 0.6) is 5.75 Å². The van der Waals surface area contributed by atoms with Gasteiger partial charge in [0.15, 0.2) is 0 Å². The lowest BCUT2D eigenvalue weighted by atomic mass is 10.0. The number of carbonyl (C=O) groups excluding carboxylic acids is 1. The predicted molar refractivity (Wildman–Crippen MR) is 115 cm³/mol. The maximum atomic E-state index is 12.6. The standard InChI is InChI=1S/C21H25N5O3S/c1-12-19(14(3)29-25-12)17-10-15(23-21(27)20-13(2)24-26-30-20)7-8-18(17)28-11-16-6-4-5-9-22-16/h7-8,10,16,22H,4-6,9,11H2,1-3H3,(H,23,27). The van der Waals surface area contributed by atoms with E-state index in [1.165, 1.54) is 12.8 Å². The molecule has 3 aromatic rings. The van der Waals surface area contributed by atoms with Crippen LogP contribution in [0.15, 0.2) is 22.7 Å². The van der Waals surface area contributed by atoms with Gasteiger partial charge in [-0.25, -0.2) is 0 Å². The van der Waals surface area contributed by atoms with Crippen LogP contribution in [0.3, 0.4) is 0 Å². The maximum Gasteiger partial charge on any atom is 0.269 e. The first-order chi connectivity index (χ1) is 14.5. The summed E-state index contributed by atoms with van der Waals surface area (Å²) in [5.74, 6) is 1.22. The summed E-state index contributed by atoms with van der Waals surface area (Å²) in [6.45, 7) is 7.16. The number of hydrogen-bond donors (Lipinski definition) is 2. The minimum Gasteiger partial charge on any atom is -0.491 e. The van der Waals surface area contributed by atoms with Gasteiger partial charge in [0.25, 0.3) is 5.91 Å². The third-order valence-corrected chi connectivity index (χ3v) is 6.08. The van der Waals surface area contributed by atoms with Crippen molar-refractivity contribution in [2.24, 2.45) is 0 Å². The molecule has 8 nitrogen and oxygen atoms in total.